The molecular weight excluding hydrogens is 574 g/mol. The summed E-state index contributed by atoms with van der Waals surface area (Å²) in [6.45, 7) is 6.76. The number of carbonyl (C=O) groups excluding carboxylic acids is 2. The van der Waals surface area contributed by atoms with Gasteiger partial charge in [0, 0.05) is 12.6 Å². The highest BCUT2D eigenvalue weighted by Crippen LogP contribution is 2.26. The zero-order chi connectivity index (χ0) is 32.9. The Kier molecular flexibility index (Phi) is 18.2. The van der Waals surface area contributed by atoms with Crippen molar-refractivity contribution < 1.29 is 39.1 Å². The summed E-state index contributed by atoms with van der Waals surface area (Å²) in [5, 5.41) is 33.9. The number of nitrogens with one attached hydrogen (secondary N) is 1. The zero-order valence-corrected chi connectivity index (χ0v) is 26.4. The van der Waals surface area contributed by atoms with Crippen LogP contribution in [0.25, 0.3) is 0 Å². The Bertz CT molecular complexity index is 1200. The van der Waals surface area contributed by atoms with Crippen LogP contribution < -0.4 is 10.1 Å². The number of aliphatic hydroxyl groups excluding tert-OH is 3. The van der Waals surface area contributed by atoms with Gasteiger partial charge in [-0.1, -0.05) is 86.4 Å². The number of para-hydroxylation sites is 1. The Labute approximate surface area is 267 Å². The third-order valence-corrected chi connectivity index (χ3v) is 6.84. The summed E-state index contributed by atoms with van der Waals surface area (Å²) < 4.78 is 16.3. The van der Waals surface area contributed by atoms with Crippen LogP contribution in [0.4, 0.5) is 0 Å². The Morgan fingerprint density at radius 1 is 0.911 bits per heavy atom. The average Bonchev–Trinajstić information content (AvgIpc) is 3.02. The lowest BCUT2D eigenvalue weighted by Crippen LogP contribution is -2.63. The van der Waals surface area contributed by atoms with Gasteiger partial charge in [-0.2, -0.15) is 0 Å². The van der Waals surface area contributed by atoms with Crippen LogP contribution in [0.15, 0.2) is 97.3 Å². The number of hydrogen-bond acceptors (Lipinski definition) is 9. The van der Waals surface area contributed by atoms with Crippen LogP contribution in [0, 0.1) is 0 Å². The highest BCUT2D eigenvalue weighted by Gasteiger charge is 2.46. The van der Waals surface area contributed by atoms with Crippen molar-refractivity contribution in [1.29, 1.82) is 0 Å². The van der Waals surface area contributed by atoms with Gasteiger partial charge in [-0.15, -0.1) is 0 Å². The second-order valence-corrected chi connectivity index (χ2v) is 10.6. The van der Waals surface area contributed by atoms with Crippen molar-refractivity contribution in [2.24, 2.45) is 0 Å². The molecule has 1 aromatic rings. The second-order valence-electron chi connectivity index (χ2n) is 10.6. The van der Waals surface area contributed by atoms with E-state index >= 15 is 0 Å². The number of rotatable bonds is 19. The normalized spacial score (nSPS) is 22.2. The predicted octanol–water partition coefficient (Wildman–Crippen LogP) is 5.60. The number of hydrogen-bond donors (Lipinski definition) is 4. The minimum Gasteiger partial charge on any atom is -0.430 e. The average molecular weight is 624 g/mol. The van der Waals surface area contributed by atoms with Crippen LogP contribution in [0.5, 0.6) is 5.75 Å². The Morgan fingerprint density at radius 3 is 2.07 bits per heavy atom. The van der Waals surface area contributed by atoms with Crippen LogP contribution in [-0.2, 0) is 14.3 Å². The van der Waals surface area contributed by atoms with Gasteiger partial charge in [-0.25, -0.2) is 4.79 Å². The number of aliphatic hydroxyl groups is 3. The molecule has 5 atom stereocenters. The molecule has 0 aromatic heterocycles. The van der Waals surface area contributed by atoms with E-state index in [1.54, 1.807) is 12.1 Å². The number of ether oxygens (including phenoxy) is 3. The SMILES string of the molecule is C=C(CCC/C=C\C/C=C\C/C=C\C/C=C\C/C=C\CC)NC1[C@H](OC(=O)c2ccccc2OC(C)=O)OC(CO)[C@@H](O)[C@@H]1O. The van der Waals surface area contributed by atoms with Gasteiger partial charge in [-0.3, -0.25) is 4.79 Å². The van der Waals surface area contributed by atoms with Crippen molar-refractivity contribution >= 4 is 11.9 Å². The lowest BCUT2D eigenvalue weighted by atomic mass is 9.96. The molecule has 4 N–H and O–H groups in total. The summed E-state index contributed by atoms with van der Waals surface area (Å²) in [6.07, 6.45) is 23.0. The van der Waals surface area contributed by atoms with E-state index in [1.165, 1.54) is 19.1 Å². The molecule has 9 nitrogen and oxygen atoms in total. The number of esters is 2. The first-order valence-corrected chi connectivity index (χ1v) is 15.6. The first-order chi connectivity index (χ1) is 21.8. The topological polar surface area (TPSA) is 135 Å². The third-order valence-electron chi connectivity index (χ3n) is 6.84. The van der Waals surface area contributed by atoms with Crippen LogP contribution >= 0.6 is 0 Å². The maximum Gasteiger partial charge on any atom is 0.344 e. The summed E-state index contributed by atoms with van der Waals surface area (Å²) in [5.74, 6) is -1.47. The maximum atomic E-state index is 13.0. The van der Waals surface area contributed by atoms with Crippen molar-refractivity contribution in [2.75, 3.05) is 6.61 Å². The second kappa shape index (κ2) is 21.9. The molecule has 9 heteroatoms. The molecule has 1 fully saturated rings. The zero-order valence-electron chi connectivity index (χ0n) is 26.4. The van der Waals surface area contributed by atoms with E-state index in [4.69, 9.17) is 14.2 Å². The van der Waals surface area contributed by atoms with Crippen LogP contribution in [0.1, 0.15) is 75.6 Å². The highest BCUT2D eigenvalue weighted by atomic mass is 16.7. The molecule has 0 radical (unpaired) electrons. The number of unbranched alkanes of at least 4 members (excludes halogenated alkanes) is 1. The third kappa shape index (κ3) is 14.3. The van der Waals surface area contributed by atoms with Gasteiger partial charge in [0.2, 0.25) is 6.29 Å². The van der Waals surface area contributed by atoms with Gasteiger partial charge in [0.05, 0.1) is 6.61 Å². The predicted molar refractivity (Wildman–Crippen MR) is 175 cm³/mol. The summed E-state index contributed by atoms with van der Waals surface area (Å²) in [7, 11) is 0. The maximum absolute atomic E-state index is 13.0. The van der Waals surface area contributed by atoms with E-state index in [9.17, 15) is 24.9 Å². The van der Waals surface area contributed by atoms with E-state index < -0.39 is 49.2 Å². The van der Waals surface area contributed by atoms with Crippen molar-refractivity contribution in [1.82, 2.24) is 5.32 Å². The number of allylic oxidation sites excluding steroid dienone is 11. The molecule has 2 unspecified atom stereocenters. The summed E-state index contributed by atoms with van der Waals surface area (Å²) in [6, 6.07) is 4.99. The van der Waals surface area contributed by atoms with E-state index in [-0.39, 0.29) is 11.3 Å². The monoisotopic (exact) mass is 623 g/mol. The lowest BCUT2D eigenvalue weighted by molar-refractivity contribution is -0.252. The number of benzene rings is 1. The van der Waals surface area contributed by atoms with Crippen molar-refractivity contribution in [2.45, 2.75) is 95.9 Å². The quantitative estimate of drug-likeness (QED) is 0.0672. The molecule has 1 heterocycles. The minimum absolute atomic E-state index is 0.00839. The fraction of sp³-hybridized carbons (Fsp3) is 0.444. The van der Waals surface area contributed by atoms with Crippen LogP contribution in [0.3, 0.4) is 0 Å². The Balaban J connectivity index is 1.80. The van der Waals surface area contributed by atoms with Gasteiger partial charge in [-0.05, 0) is 63.5 Å². The molecule has 1 aliphatic rings. The standard InChI is InChI=1S/C36H49NO8/c1-4-5-6-7-8-9-10-11-12-13-14-15-16-17-18-19-20-23-27(2)37-32-34(41)33(40)31(26-38)44-36(32)45-35(42)29-24-21-22-25-30(29)43-28(3)39/h5-6,8-9,11-12,14-15,17-18,21-22,24-25,31-34,36-38,40-41H,2,4,7,10,13,16,19-20,23,26H2,1,3H3/b6-5-,9-8-,12-11-,15-14-,18-17-/t31?,32?,33-,34-,36+/m1/s1. The van der Waals surface area contributed by atoms with Gasteiger partial charge in [0.25, 0.3) is 0 Å². The first-order valence-electron chi connectivity index (χ1n) is 15.6. The minimum atomic E-state index is -1.43. The summed E-state index contributed by atoms with van der Waals surface area (Å²) in [4.78, 5) is 24.5. The Morgan fingerprint density at radius 2 is 1.49 bits per heavy atom. The van der Waals surface area contributed by atoms with Crippen molar-refractivity contribution in [3.63, 3.8) is 0 Å². The van der Waals surface area contributed by atoms with Crippen molar-refractivity contribution in [3.8, 4) is 5.75 Å². The van der Waals surface area contributed by atoms with Crippen LogP contribution in [0.2, 0.25) is 0 Å². The van der Waals surface area contributed by atoms with Crippen molar-refractivity contribution in [3.05, 3.63) is 103 Å². The van der Waals surface area contributed by atoms with E-state index in [2.05, 4.69) is 79.6 Å². The molecule has 0 amide bonds. The number of carbonyl (C=O) groups is 2. The van der Waals surface area contributed by atoms with E-state index in [0.29, 0.717) is 12.1 Å². The Hall–Kier alpha value is -3.76. The van der Waals surface area contributed by atoms with Gasteiger partial charge >= 0.3 is 11.9 Å². The van der Waals surface area contributed by atoms with Gasteiger partial charge < -0.3 is 34.8 Å². The molecule has 1 aliphatic heterocycles. The molecule has 2 rings (SSSR count). The highest BCUT2D eigenvalue weighted by molar-refractivity contribution is 5.93. The summed E-state index contributed by atoms with van der Waals surface area (Å²) >= 11 is 0. The molecule has 1 aromatic carbocycles. The molecule has 0 saturated carbocycles. The molecule has 45 heavy (non-hydrogen) atoms. The molecule has 1 saturated heterocycles. The molecule has 246 valence electrons. The van der Waals surface area contributed by atoms with Crippen LogP contribution in [-0.4, -0.2) is 64.5 Å². The molecular formula is C36H49NO8. The summed E-state index contributed by atoms with van der Waals surface area (Å²) in [5.41, 5.74) is 0.540. The smallest absolute Gasteiger partial charge is 0.344 e. The fourth-order valence-electron chi connectivity index (χ4n) is 4.49. The lowest BCUT2D eigenvalue weighted by Gasteiger charge is -2.42. The molecule has 0 bridgehead atoms. The largest absolute Gasteiger partial charge is 0.430 e. The molecule has 0 spiro atoms. The fourth-order valence-corrected chi connectivity index (χ4v) is 4.49. The molecule has 0 aliphatic carbocycles. The van der Waals surface area contributed by atoms with E-state index in [0.717, 1.165) is 44.9 Å². The van der Waals surface area contributed by atoms with Gasteiger partial charge in [0.15, 0.2) is 0 Å². The van der Waals surface area contributed by atoms with E-state index in [1.807, 2.05) is 0 Å². The first kappa shape index (κ1) is 37.4. The van der Waals surface area contributed by atoms with Gasteiger partial charge in [0.1, 0.15) is 35.7 Å².